The van der Waals surface area contributed by atoms with E-state index in [1.165, 1.54) is 37.0 Å². The van der Waals surface area contributed by atoms with E-state index in [0.717, 1.165) is 21.6 Å². The summed E-state index contributed by atoms with van der Waals surface area (Å²) >= 11 is 0. The Bertz CT molecular complexity index is 3980. The number of aryl methyl sites for hydroxylation is 1. The molecular formula is C83H120N10O26. The number of rotatable bonds is 60. The van der Waals surface area contributed by atoms with Crippen LogP contribution in [-0.2, 0) is 109 Å². The van der Waals surface area contributed by atoms with Crippen LogP contribution in [0.4, 0.5) is 0 Å². The first kappa shape index (κ1) is 95.8. The summed E-state index contributed by atoms with van der Waals surface area (Å²) in [6, 6.07) is 3.83. The maximum absolute atomic E-state index is 15.2. The Labute approximate surface area is 693 Å². The molecule has 36 nitrogen and oxygen atoms in total. The number of aliphatic hydroxyl groups excluding tert-OH is 1. The summed E-state index contributed by atoms with van der Waals surface area (Å²) in [5, 5.41) is 17.3. The zero-order chi connectivity index (χ0) is 85.1. The van der Waals surface area contributed by atoms with Crippen LogP contribution in [0.1, 0.15) is 140 Å². The summed E-state index contributed by atoms with van der Waals surface area (Å²) in [5.74, 6) is -4.89. The monoisotopic (exact) mass is 1670 g/mol. The zero-order valence-electron chi connectivity index (χ0n) is 69.7. The lowest BCUT2D eigenvalue weighted by Crippen LogP contribution is -2.52. The molecule has 0 aliphatic carbocycles. The van der Waals surface area contributed by atoms with Gasteiger partial charge >= 0.3 is 11.9 Å². The number of carbonyl (C=O) groups is 9. The van der Waals surface area contributed by atoms with Gasteiger partial charge in [-0.2, -0.15) is 0 Å². The van der Waals surface area contributed by atoms with Crippen molar-refractivity contribution in [3.63, 3.8) is 0 Å². The first-order chi connectivity index (χ1) is 57.8. The van der Waals surface area contributed by atoms with Crippen molar-refractivity contribution >= 4 is 86.6 Å². The molecular weight excluding hydrogens is 1550 g/mol. The van der Waals surface area contributed by atoms with Crippen molar-refractivity contribution in [2.45, 2.75) is 98.1 Å². The van der Waals surface area contributed by atoms with Gasteiger partial charge in [-0.05, 0) is 94.0 Å². The molecule has 6 aliphatic rings. The summed E-state index contributed by atoms with van der Waals surface area (Å²) in [7, 11) is 0. The van der Waals surface area contributed by atoms with Gasteiger partial charge in [-0.25, -0.2) is 14.8 Å². The average molecular weight is 1670 g/mol. The number of aromatic amines is 2. The first-order valence-electron chi connectivity index (χ1n) is 41.0. The molecule has 1 saturated heterocycles. The zero-order valence-corrected chi connectivity index (χ0v) is 69.7. The summed E-state index contributed by atoms with van der Waals surface area (Å²) < 4.78 is 88.0. The maximum atomic E-state index is 15.2. The van der Waals surface area contributed by atoms with Crippen LogP contribution in [0, 0.1) is 6.92 Å². The molecule has 658 valence electrons. The second-order valence-electron chi connectivity index (χ2n) is 28.3. The highest BCUT2D eigenvalue weighted by molar-refractivity contribution is 6.23. The highest BCUT2D eigenvalue weighted by atomic mass is 16.6. The van der Waals surface area contributed by atoms with Crippen molar-refractivity contribution in [2.24, 2.45) is 0 Å². The van der Waals surface area contributed by atoms with Crippen LogP contribution >= 0.6 is 0 Å². The third-order valence-corrected chi connectivity index (χ3v) is 20.0. The van der Waals surface area contributed by atoms with Crippen LogP contribution in [0.25, 0.3) is 33.3 Å². The smallest absolute Gasteiger partial charge is 0.330 e. The highest BCUT2D eigenvalue weighted by Gasteiger charge is 2.41. The molecule has 2 aromatic heterocycles. The van der Waals surface area contributed by atoms with E-state index in [9.17, 15) is 43.5 Å². The normalized spacial score (nSPS) is 16.4. The number of hydrogen-bond donors (Lipinski definition) is 6. The fraction of sp³-hybridized carbons (Fsp3) is 0.627. The molecule has 7 amide bonds. The van der Waals surface area contributed by atoms with Gasteiger partial charge in [0.05, 0.1) is 238 Å². The van der Waals surface area contributed by atoms with Gasteiger partial charge < -0.3 is 107 Å². The number of fused-ring (bicyclic) bond motifs is 8. The number of imide groups is 2. The molecule has 8 rings (SSSR count). The van der Waals surface area contributed by atoms with Crippen LogP contribution in [0.2, 0.25) is 0 Å². The summed E-state index contributed by atoms with van der Waals surface area (Å²) in [6.45, 7) is 24.8. The number of aliphatic hydroxyl groups is 1. The Morgan fingerprint density at radius 3 is 1.61 bits per heavy atom. The van der Waals surface area contributed by atoms with E-state index >= 15 is 4.79 Å². The Balaban J connectivity index is 0.635. The predicted octanol–water partition coefficient (Wildman–Crippen LogP) is 3.50. The molecule has 8 bridgehead atoms. The third-order valence-electron chi connectivity index (χ3n) is 20.0. The molecule has 0 aromatic carbocycles. The second kappa shape index (κ2) is 53.2. The summed E-state index contributed by atoms with van der Waals surface area (Å²) in [4.78, 5) is 140. The van der Waals surface area contributed by atoms with Gasteiger partial charge in [-0.3, -0.25) is 53.1 Å². The highest BCUT2D eigenvalue weighted by Crippen LogP contribution is 2.45. The van der Waals surface area contributed by atoms with Gasteiger partial charge in [-0.1, -0.05) is 13.8 Å². The number of ether oxygens (including phenoxy) is 16. The van der Waals surface area contributed by atoms with Crippen molar-refractivity contribution in [3.05, 3.63) is 93.4 Å². The fourth-order valence-electron chi connectivity index (χ4n) is 13.3. The van der Waals surface area contributed by atoms with Gasteiger partial charge in [0.1, 0.15) is 25.3 Å². The van der Waals surface area contributed by atoms with Crippen LogP contribution in [0.15, 0.2) is 42.5 Å². The lowest BCUT2D eigenvalue weighted by atomic mass is 9.84. The van der Waals surface area contributed by atoms with Gasteiger partial charge in [0, 0.05) is 98.1 Å². The second-order valence-corrected chi connectivity index (χ2v) is 28.3. The number of nitrogens with one attached hydrogen (secondary N) is 5. The van der Waals surface area contributed by atoms with E-state index in [-0.39, 0.29) is 109 Å². The van der Waals surface area contributed by atoms with Crippen LogP contribution in [0.3, 0.4) is 0 Å². The molecule has 0 saturated carbocycles. The van der Waals surface area contributed by atoms with E-state index < -0.39 is 59.5 Å². The maximum Gasteiger partial charge on any atom is 0.330 e. The largest absolute Gasteiger partial charge is 0.463 e. The number of amides is 7. The lowest BCUT2D eigenvalue weighted by molar-refractivity contribution is -0.145. The van der Waals surface area contributed by atoms with E-state index in [1.54, 1.807) is 6.08 Å². The van der Waals surface area contributed by atoms with E-state index in [0.29, 0.717) is 245 Å². The molecule has 6 N–H and O–H groups in total. The number of esters is 2. The number of carbonyl (C=O) groups excluding carboxylic acids is 9. The van der Waals surface area contributed by atoms with Crippen molar-refractivity contribution in [1.29, 1.82) is 0 Å². The number of allylic oxidation sites excluding steroid dienone is 5. The number of aromatic nitrogens is 4. The van der Waals surface area contributed by atoms with E-state index in [4.69, 9.17) is 85.8 Å². The topological polar surface area (TPSA) is 425 Å². The van der Waals surface area contributed by atoms with Gasteiger partial charge in [-0.15, -0.1) is 0 Å². The van der Waals surface area contributed by atoms with Crippen LogP contribution < -0.4 is 16.0 Å². The molecule has 8 heterocycles. The fourth-order valence-corrected chi connectivity index (χ4v) is 13.3. The molecule has 4 atom stereocenters. The van der Waals surface area contributed by atoms with Crippen molar-refractivity contribution in [1.82, 2.24) is 50.6 Å². The Morgan fingerprint density at radius 2 is 1.05 bits per heavy atom. The first-order valence-corrected chi connectivity index (χ1v) is 41.0. The van der Waals surface area contributed by atoms with E-state index in [1.807, 2.05) is 52.8 Å². The number of morpholine rings is 1. The minimum Gasteiger partial charge on any atom is -0.463 e. The van der Waals surface area contributed by atoms with Gasteiger partial charge in [0.2, 0.25) is 17.7 Å². The van der Waals surface area contributed by atoms with Crippen molar-refractivity contribution in [2.75, 3.05) is 244 Å². The van der Waals surface area contributed by atoms with Gasteiger partial charge in [0.15, 0.2) is 0 Å². The number of H-pyrrole nitrogens is 2. The standard InChI is InChI=1S/C83H120N10O26/c1-8-62-56(2)66-54-70-63(57(3)65(88-70)53-67-58(4)64(10-14-74(98)118-28-22-94)78(89-67)77-79-76(59(5)68(90-79)55-69(62)87-66)82(102)93(83(77)103)18-17-91-19-25-106-26-20-91)9-13-75(99)119-52-51-105-24-16-84-80(100)60(6)86-81(101)61(7)85-71(95)15-23-104-29-31-108-33-35-110-37-39-112-41-43-114-45-47-116-49-50-117-48-46-115-44-42-113-40-38-111-36-34-109-32-30-107-27-21-92-72(96)11-12-73(92)97/h9,11-13,53-55,58,60-61,64,89-90,94H,8,10,14-52H2,1-7H3,(H,84,100)(H,85,95)(H,86,101)/b13-9+,67-53?,69-55?,70-54?,78-77?/t58-,60-,61-,64-/m0/s1. The molecule has 0 radical (unpaired) electrons. The molecule has 1 fully saturated rings. The quantitative estimate of drug-likeness (QED) is 0.0239. The molecule has 119 heavy (non-hydrogen) atoms. The molecule has 0 unspecified atom stereocenters. The van der Waals surface area contributed by atoms with E-state index in [2.05, 4.69) is 30.8 Å². The van der Waals surface area contributed by atoms with Gasteiger partial charge in [0.25, 0.3) is 23.6 Å². The number of nitrogens with zero attached hydrogens (tertiary/aromatic N) is 5. The molecule has 2 aromatic rings. The minimum atomic E-state index is -0.936. The van der Waals surface area contributed by atoms with Crippen molar-refractivity contribution in [3.8, 4) is 0 Å². The number of hydrogen-bond acceptors (Lipinski definition) is 29. The molecule has 0 spiro atoms. The Morgan fingerprint density at radius 1 is 0.546 bits per heavy atom. The molecule has 6 aliphatic heterocycles. The SMILES string of the molecule is CCC1=C(C)c2cc3nc(cc4[nH]c(c5c6[nH]c(cc1n2)c(C)c6C(=O)N(CCN1CCOCC1)C5=O)[C@@H](CCC(=O)OCCO)[C@@H]4C)C(C)=C3/C=C/C(=O)OCCOCCNC(=O)[C@H](C)NC(=O)[C@H](C)NC(=O)CCOCCOCCOCCOCCOCCOCCOCCOCCOCCOCCOCCOCCN1C(=O)C=CC1=O. The summed E-state index contributed by atoms with van der Waals surface area (Å²) in [5.41, 5.74) is 9.22. The predicted molar refractivity (Wildman–Crippen MR) is 433 cm³/mol. The Hall–Kier alpha value is -8.67. The third kappa shape index (κ3) is 31.4. The summed E-state index contributed by atoms with van der Waals surface area (Å²) in [6.07, 6.45) is 6.32. The van der Waals surface area contributed by atoms with Crippen molar-refractivity contribution < 1.29 is 124 Å². The minimum absolute atomic E-state index is 0.000305. The Kier molecular flexibility index (Phi) is 42.8. The van der Waals surface area contributed by atoms with Crippen LogP contribution in [0.5, 0.6) is 0 Å². The average Bonchev–Trinajstić information content (AvgIpc) is 1.58. The molecule has 36 heteroatoms. The van der Waals surface area contributed by atoms with Crippen LogP contribution in [-0.4, -0.2) is 349 Å². The lowest BCUT2D eigenvalue weighted by Gasteiger charge is -2.31.